The molecule has 144 valence electrons. The zero-order valence-electron chi connectivity index (χ0n) is 14.8. The van der Waals surface area contributed by atoms with Crippen molar-refractivity contribution in [1.82, 2.24) is 4.72 Å². The van der Waals surface area contributed by atoms with Crippen molar-refractivity contribution in [3.05, 3.63) is 59.9 Å². The Kier molecular flexibility index (Phi) is 6.65. The molecule has 1 N–H and O–H groups in total. The monoisotopic (exact) mass is 394 g/mol. The van der Waals surface area contributed by atoms with Crippen LogP contribution in [0.4, 0.5) is 10.1 Å². The fourth-order valence-electron chi connectivity index (χ4n) is 2.32. The lowest BCUT2D eigenvalue weighted by molar-refractivity contribution is -0.121. The van der Waals surface area contributed by atoms with Crippen molar-refractivity contribution < 1.29 is 27.1 Å². The number of carbonyl (C=O) groups excluding carboxylic acids is 2. The van der Waals surface area contributed by atoms with Gasteiger partial charge in [0, 0.05) is 12.2 Å². The molecule has 7 nitrogen and oxygen atoms in total. The van der Waals surface area contributed by atoms with E-state index in [1.165, 1.54) is 54.4 Å². The molecule has 0 atom stereocenters. The van der Waals surface area contributed by atoms with Crippen LogP contribution in [0.2, 0.25) is 0 Å². The third-order valence-corrected chi connectivity index (χ3v) is 5.14. The second-order valence-electron chi connectivity index (χ2n) is 5.43. The zero-order chi connectivity index (χ0) is 20.0. The molecule has 0 heterocycles. The van der Waals surface area contributed by atoms with Crippen molar-refractivity contribution in [1.29, 1.82) is 0 Å². The summed E-state index contributed by atoms with van der Waals surface area (Å²) in [7, 11) is -2.45. The van der Waals surface area contributed by atoms with E-state index in [1.807, 2.05) is 0 Å². The maximum atomic E-state index is 13.0. The molecule has 0 unspecified atom stereocenters. The number of sulfonamides is 1. The van der Waals surface area contributed by atoms with Gasteiger partial charge in [-0.15, -0.1) is 0 Å². The molecule has 0 fully saturated rings. The largest absolute Gasteiger partial charge is 0.452 e. The Bertz CT molecular complexity index is 929. The summed E-state index contributed by atoms with van der Waals surface area (Å²) in [6.45, 7) is 1.50. The third-order valence-electron chi connectivity index (χ3n) is 3.73. The molecule has 0 aliphatic heterocycles. The Morgan fingerprint density at radius 1 is 1.15 bits per heavy atom. The van der Waals surface area contributed by atoms with Crippen molar-refractivity contribution in [2.45, 2.75) is 11.8 Å². The SMILES string of the molecule is CCN(C(=O)COC(=O)c1cccc(S(=O)(=O)NC)c1)c1ccc(F)cc1. The number of nitrogens with one attached hydrogen (secondary N) is 1. The summed E-state index contributed by atoms with van der Waals surface area (Å²) in [4.78, 5) is 25.7. The standard InChI is InChI=1S/C18H19FN2O5S/c1-3-21(15-9-7-14(19)8-10-15)17(22)12-26-18(23)13-5-4-6-16(11-13)27(24,25)20-2/h4-11,20H,3,12H2,1-2H3. The number of amides is 1. The maximum absolute atomic E-state index is 13.0. The number of hydrogen-bond donors (Lipinski definition) is 1. The molecular formula is C18H19FN2O5S. The molecular weight excluding hydrogens is 375 g/mol. The second kappa shape index (κ2) is 8.74. The van der Waals surface area contributed by atoms with Crippen LogP contribution in [0.5, 0.6) is 0 Å². The number of likely N-dealkylation sites (N-methyl/N-ethyl adjacent to an activating group) is 1. The maximum Gasteiger partial charge on any atom is 0.338 e. The van der Waals surface area contributed by atoms with Crippen LogP contribution in [-0.2, 0) is 19.6 Å². The molecule has 1 amide bonds. The van der Waals surface area contributed by atoms with Crippen LogP contribution < -0.4 is 9.62 Å². The first-order valence-corrected chi connectivity index (χ1v) is 9.53. The quantitative estimate of drug-likeness (QED) is 0.725. The fourth-order valence-corrected chi connectivity index (χ4v) is 3.10. The van der Waals surface area contributed by atoms with Gasteiger partial charge >= 0.3 is 5.97 Å². The van der Waals surface area contributed by atoms with Gasteiger partial charge < -0.3 is 9.64 Å². The summed E-state index contributed by atoms with van der Waals surface area (Å²) < 4.78 is 43.8. The minimum atomic E-state index is -3.71. The molecule has 0 radical (unpaired) electrons. The fraction of sp³-hybridized carbons (Fsp3) is 0.222. The molecule has 0 saturated heterocycles. The molecule has 27 heavy (non-hydrogen) atoms. The van der Waals surface area contributed by atoms with Gasteiger partial charge in [-0.2, -0.15) is 0 Å². The van der Waals surface area contributed by atoms with Crippen molar-refractivity contribution in [3.63, 3.8) is 0 Å². The summed E-state index contributed by atoms with van der Waals surface area (Å²) in [5.74, 6) is -1.74. The average molecular weight is 394 g/mol. The van der Waals surface area contributed by atoms with Gasteiger partial charge in [0.1, 0.15) is 5.82 Å². The van der Waals surface area contributed by atoms with Crippen LogP contribution in [0.3, 0.4) is 0 Å². The first kappa shape index (κ1) is 20.5. The number of hydrogen-bond acceptors (Lipinski definition) is 5. The molecule has 9 heteroatoms. The summed E-state index contributed by atoms with van der Waals surface area (Å²) in [5.41, 5.74) is 0.478. The van der Waals surface area contributed by atoms with E-state index >= 15 is 0 Å². The number of benzene rings is 2. The summed E-state index contributed by atoms with van der Waals surface area (Å²) in [5, 5.41) is 0. The normalized spacial score (nSPS) is 11.1. The van der Waals surface area contributed by atoms with Crippen LogP contribution in [-0.4, -0.2) is 40.5 Å². The van der Waals surface area contributed by atoms with Crippen molar-refractivity contribution >= 4 is 27.6 Å². The first-order chi connectivity index (χ1) is 12.8. The smallest absolute Gasteiger partial charge is 0.338 e. The first-order valence-electron chi connectivity index (χ1n) is 8.05. The zero-order valence-corrected chi connectivity index (χ0v) is 15.6. The minimum absolute atomic E-state index is 0.00366. The van der Waals surface area contributed by atoms with E-state index < -0.39 is 34.3 Å². The molecule has 0 aliphatic rings. The van der Waals surface area contributed by atoms with Crippen LogP contribution in [0.15, 0.2) is 53.4 Å². The highest BCUT2D eigenvalue weighted by Gasteiger charge is 2.19. The van der Waals surface area contributed by atoms with Gasteiger partial charge in [-0.1, -0.05) is 6.07 Å². The van der Waals surface area contributed by atoms with Gasteiger partial charge in [0.2, 0.25) is 10.0 Å². The number of halogens is 1. The lowest BCUT2D eigenvalue weighted by Crippen LogP contribution is -2.34. The van der Waals surface area contributed by atoms with Crippen LogP contribution in [0.25, 0.3) is 0 Å². The Morgan fingerprint density at radius 3 is 2.41 bits per heavy atom. The number of ether oxygens (including phenoxy) is 1. The van der Waals surface area contributed by atoms with E-state index in [4.69, 9.17) is 4.74 Å². The van der Waals surface area contributed by atoms with E-state index in [0.29, 0.717) is 12.2 Å². The van der Waals surface area contributed by atoms with Gasteiger partial charge in [0.05, 0.1) is 10.5 Å². The number of nitrogens with zero attached hydrogens (tertiary/aromatic N) is 1. The summed E-state index contributed by atoms with van der Waals surface area (Å²) in [6.07, 6.45) is 0. The topological polar surface area (TPSA) is 92.8 Å². The molecule has 0 aromatic heterocycles. The van der Waals surface area contributed by atoms with Crippen molar-refractivity contribution in [3.8, 4) is 0 Å². The lowest BCUT2D eigenvalue weighted by Gasteiger charge is -2.20. The number of esters is 1. The van der Waals surface area contributed by atoms with Gasteiger partial charge in [0.25, 0.3) is 5.91 Å². The molecule has 2 aromatic rings. The van der Waals surface area contributed by atoms with E-state index in [0.717, 1.165) is 6.07 Å². The lowest BCUT2D eigenvalue weighted by atomic mass is 10.2. The minimum Gasteiger partial charge on any atom is -0.452 e. The number of carbonyl (C=O) groups is 2. The van der Waals surface area contributed by atoms with E-state index in [9.17, 15) is 22.4 Å². The average Bonchev–Trinajstić information content (AvgIpc) is 2.68. The predicted octanol–water partition coefficient (Wildman–Crippen LogP) is 1.94. The van der Waals surface area contributed by atoms with Crippen molar-refractivity contribution in [2.24, 2.45) is 0 Å². The molecule has 2 rings (SSSR count). The third kappa shape index (κ3) is 5.11. The summed E-state index contributed by atoms with van der Waals surface area (Å²) in [6, 6.07) is 10.6. The van der Waals surface area contributed by atoms with Gasteiger partial charge in [0.15, 0.2) is 6.61 Å². The molecule has 0 saturated carbocycles. The Labute approximate surface area is 156 Å². The highest BCUT2D eigenvalue weighted by molar-refractivity contribution is 7.89. The number of anilines is 1. The van der Waals surface area contributed by atoms with Gasteiger partial charge in [-0.05, 0) is 56.4 Å². The molecule has 0 bridgehead atoms. The number of rotatable bonds is 7. The molecule has 0 spiro atoms. The Balaban J connectivity index is 2.07. The Hall–Kier alpha value is -2.78. The van der Waals surface area contributed by atoms with E-state index in [-0.39, 0.29) is 10.5 Å². The van der Waals surface area contributed by atoms with E-state index in [2.05, 4.69) is 4.72 Å². The second-order valence-corrected chi connectivity index (χ2v) is 7.31. The van der Waals surface area contributed by atoms with Crippen LogP contribution in [0, 0.1) is 5.82 Å². The van der Waals surface area contributed by atoms with Crippen LogP contribution >= 0.6 is 0 Å². The predicted molar refractivity (Wildman–Crippen MR) is 97.4 cm³/mol. The summed E-state index contributed by atoms with van der Waals surface area (Å²) >= 11 is 0. The highest BCUT2D eigenvalue weighted by atomic mass is 32.2. The Morgan fingerprint density at radius 2 is 1.81 bits per heavy atom. The molecule has 2 aromatic carbocycles. The van der Waals surface area contributed by atoms with Crippen molar-refractivity contribution in [2.75, 3.05) is 25.1 Å². The van der Waals surface area contributed by atoms with Gasteiger partial charge in [-0.25, -0.2) is 22.3 Å². The highest BCUT2D eigenvalue weighted by Crippen LogP contribution is 2.16. The van der Waals surface area contributed by atoms with Crippen LogP contribution in [0.1, 0.15) is 17.3 Å². The van der Waals surface area contributed by atoms with Gasteiger partial charge in [-0.3, -0.25) is 4.79 Å². The molecule has 0 aliphatic carbocycles. The van der Waals surface area contributed by atoms with E-state index in [1.54, 1.807) is 6.92 Å².